The zero-order chi connectivity index (χ0) is 16.6. The molecule has 0 bridgehead atoms. The number of halogens is 4. The van der Waals surface area contributed by atoms with Crippen molar-refractivity contribution < 1.29 is 17.6 Å². The van der Waals surface area contributed by atoms with Crippen molar-refractivity contribution in [1.29, 1.82) is 0 Å². The normalized spacial score (nSPS) is 11.7. The third-order valence-corrected chi connectivity index (χ3v) is 3.58. The summed E-state index contributed by atoms with van der Waals surface area (Å²) in [5.74, 6) is 0.158. The molecule has 1 heterocycles. The first-order valence-electron chi connectivity index (χ1n) is 6.62. The van der Waals surface area contributed by atoms with Gasteiger partial charge < -0.3 is 4.42 Å². The van der Waals surface area contributed by atoms with Gasteiger partial charge in [-0.25, -0.2) is 0 Å². The Morgan fingerprint density at radius 1 is 0.957 bits per heavy atom. The molecular weight excluding hydrogens is 329 g/mol. The topological polar surface area (TPSA) is 38.9 Å². The van der Waals surface area contributed by atoms with Crippen LogP contribution in [0.15, 0.2) is 46.9 Å². The first kappa shape index (κ1) is 15.6. The van der Waals surface area contributed by atoms with Gasteiger partial charge in [0.1, 0.15) is 0 Å². The lowest BCUT2D eigenvalue weighted by Crippen LogP contribution is -2.04. The minimum absolute atomic E-state index is 0.0485. The summed E-state index contributed by atoms with van der Waals surface area (Å²) >= 11 is 5.96. The number of aromatic nitrogens is 2. The number of benzene rings is 2. The van der Waals surface area contributed by atoms with Crippen LogP contribution in [0.2, 0.25) is 5.02 Å². The summed E-state index contributed by atoms with van der Waals surface area (Å²) in [5, 5.41) is 7.78. The molecule has 2 aromatic carbocycles. The van der Waals surface area contributed by atoms with Crippen LogP contribution < -0.4 is 0 Å². The number of hydrogen-bond donors (Lipinski definition) is 0. The van der Waals surface area contributed by atoms with E-state index in [0.717, 1.165) is 23.8 Å². The molecule has 3 aromatic rings. The van der Waals surface area contributed by atoms with Crippen molar-refractivity contribution >= 4 is 11.6 Å². The van der Waals surface area contributed by atoms with Crippen molar-refractivity contribution in [3.05, 3.63) is 58.6 Å². The highest BCUT2D eigenvalue weighted by molar-refractivity contribution is 6.33. The molecule has 3 nitrogen and oxygen atoms in total. The fraction of sp³-hybridized carbons (Fsp3) is 0.125. The highest BCUT2D eigenvalue weighted by Crippen LogP contribution is 2.36. The molecule has 118 valence electrons. The van der Waals surface area contributed by atoms with Crippen LogP contribution in [0.3, 0.4) is 0 Å². The molecular formula is C16H10ClF3N2O. The van der Waals surface area contributed by atoms with Crippen molar-refractivity contribution in [3.8, 4) is 22.9 Å². The summed E-state index contributed by atoms with van der Waals surface area (Å²) < 4.78 is 43.9. The maximum atomic E-state index is 12.8. The highest BCUT2D eigenvalue weighted by Gasteiger charge is 2.31. The quantitative estimate of drug-likeness (QED) is 0.629. The summed E-state index contributed by atoms with van der Waals surface area (Å²) in [6.45, 7) is 1.94. The molecule has 0 atom stereocenters. The van der Waals surface area contributed by atoms with Crippen LogP contribution in [0.5, 0.6) is 0 Å². The Morgan fingerprint density at radius 2 is 1.61 bits per heavy atom. The Labute approximate surface area is 134 Å². The van der Waals surface area contributed by atoms with E-state index in [1.54, 1.807) is 12.1 Å². The van der Waals surface area contributed by atoms with Gasteiger partial charge in [0.25, 0.3) is 0 Å². The summed E-state index contributed by atoms with van der Waals surface area (Å²) in [5.41, 5.74) is 0.964. The monoisotopic (exact) mass is 338 g/mol. The van der Waals surface area contributed by atoms with E-state index < -0.39 is 11.7 Å². The average molecular weight is 339 g/mol. The van der Waals surface area contributed by atoms with Gasteiger partial charge in [-0.3, -0.25) is 0 Å². The standard InChI is InChI=1S/C16H10ClF3N2O/c1-9-2-4-10(5-3-9)14-21-22-15(23-14)12-8-11(16(18,19)20)6-7-13(12)17/h2-8H,1H3. The molecule has 0 saturated carbocycles. The molecule has 0 spiro atoms. The van der Waals surface area contributed by atoms with Crippen molar-refractivity contribution in [3.63, 3.8) is 0 Å². The van der Waals surface area contributed by atoms with Crippen molar-refractivity contribution in [2.24, 2.45) is 0 Å². The SMILES string of the molecule is Cc1ccc(-c2nnc(-c3cc(C(F)(F)F)ccc3Cl)o2)cc1. The molecule has 0 aliphatic rings. The Balaban J connectivity index is 2.02. The Bertz CT molecular complexity index is 841. The van der Waals surface area contributed by atoms with Gasteiger partial charge in [0.2, 0.25) is 11.8 Å². The summed E-state index contributed by atoms with van der Waals surface area (Å²) in [7, 11) is 0. The fourth-order valence-electron chi connectivity index (χ4n) is 2.01. The Morgan fingerprint density at radius 3 is 2.26 bits per heavy atom. The summed E-state index contributed by atoms with van der Waals surface area (Å²) in [4.78, 5) is 0. The zero-order valence-electron chi connectivity index (χ0n) is 11.9. The molecule has 7 heteroatoms. The van der Waals surface area contributed by atoms with Gasteiger partial charge in [0.15, 0.2) is 0 Å². The predicted octanol–water partition coefficient (Wildman–Crippen LogP) is 5.38. The fourth-order valence-corrected chi connectivity index (χ4v) is 2.21. The Hall–Kier alpha value is -2.34. The second-order valence-corrected chi connectivity index (χ2v) is 5.38. The van der Waals surface area contributed by atoms with Gasteiger partial charge in [-0.1, -0.05) is 29.3 Å². The smallest absolute Gasteiger partial charge is 0.416 e. The number of alkyl halides is 3. The van der Waals surface area contributed by atoms with Gasteiger partial charge in [0.05, 0.1) is 16.1 Å². The third kappa shape index (κ3) is 3.22. The van der Waals surface area contributed by atoms with Crippen LogP contribution in [0, 0.1) is 6.92 Å². The maximum absolute atomic E-state index is 12.8. The van der Waals surface area contributed by atoms with Gasteiger partial charge in [-0.05, 0) is 37.3 Å². The molecule has 3 rings (SSSR count). The van der Waals surface area contributed by atoms with Gasteiger partial charge >= 0.3 is 6.18 Å². The van der Waals surface area contributed by atoms with Crippen LogP contribution in [0.1, 0.15) is 11.1 Å². The molecule has 0 fully saturated rings. The molecule has 23 heavy (non-hydrogen) atoms. The number of aryl methyl sites for hydroxylation is 1. The molecule has 0 unspecified atom stereocenters. The first-order chi connectivity index (χ1) is 10.8. The molecule has 0 amide bonds. The second-order valence-electron chi connectivity index (χ2n) is 4.97. The molecule has 0 radical (unpaired) electrons. The van der Waals surface area contributed by atoms with E-state index in [-0.39, 0.29) is 22.4 Å². The van der Waals surface area contributed by atoms with Crippen molar-refractivity contribution in [1.82, 2.24) is 10.2 Å². The molecule has 0 aliphatic carbocycles. The van der Waals surface area contributed by atoms with Crippen LogP contribution in [0.4, 0.5) is 13.2 Å². The number of nitrogens with zero attached hydrogens (tertiary/aromatic N) is 2. The Kier molecular flexibility index (Phi) is 3.85. The molecule has 0 saturated heterocycles. The summed E-state index contributed by atoms with van der Waals surface area (Å²) in [6.07, 6.45) is -4.47. The number of rotatable bonds is 2. The number of hydrogen-bond acceptors (Lipinski definition) is 3. The lowest BCUT2D eigenvalue weighted by Gasteiger charge is -2.08. The van der Waals surface area contributed by atoms with Crippen LogP contribution in [-0.4, -0.2) is 10.2 Å². The molecule has 0 aliphatic heterocycles. The molecule has 0 N–H and O–H groups in total. The first-order valence-corrected chi connectivity index (χ1v) is 7.00. The predicted molar refractivity (Wildman–Crippen MR) is 79.9 cm³/mol. The van der Waals surface area contributed by atoms with E-state index in [1.807, 2.05) is 19.1 Å². The van der Waals surface area contributed by atoms with E-state index in [4.69, 9.17) is 16.0 Å². The van der Waals surface area contributed by atoms with E-state index in [9.17, 15) is 13.2 Å². The minimum atomic E-state index is -4.47. The lowest BCUT2D eigenvalue weighted by molar-refractivity contribution is -0.137. The van der Waals surface area contributed by atoms with Gasteiger partial charge in [-0.15, -0.1) is 10.2 Å². The van der Waals surface area contributed by atoms with Crippen molar-refractivity contribution in [2.45, 2.75) is 13.1 Å². The lowest BCUT2D eigenvalue weighted by atomic mass is 10.1. The van der Waals surface area contributed by atoms with E-state index in [0.29, 0.717) is 5.56 Å². The van der Waals surface area contributed by atoms with Crippen LogP contribution >= 0.6 is 11.6 Å². The zero-order valence-corrected chi connectivity index (χ0v) is 12.6. The van der Waals surface area contributed by atoms with Gasteiger partial charge in [0, 0.05) is 5.56 Å². The van der Waals surface area contributed by atoms with Crippen LogP contribution in [0.25, 0.3) is 22.9 Å². The highest BCUT2D eigenvalue weighted by atomic mass is 35.5. The molecule has 1 aromatic heterocycles. The largest absolute Gasteiger partial charge is 0.416 e. The van der Waals surface area contributed by atoms with E-state index in [1.165, 1.54) is 0 Å². The van der Waals surface area contributed by atoms with Crippen molar-refractivity contribution in [2.75, 3.05) is 0 Å². The van der Waals surface area contributed by atoms with Gasteiger partial charge in [-0.2, -0.15) is 13.2 Å². The summed E-state index contributed by atoms with van der Waals surface area (Å²) in [6, 6.07) is 10.3. The minimum Gasteiger partial charge on any atom is -0.416 e. The third-order valence-electron chi connectivity index (χ3n) is 3.25. The van der Waals surface area contributed by atoms with E-state index >= 15 is 0 Å². The van der Waals surface area contributed by atoms with Crippen LogP contribution in [-0.2, 0) is 6.18 Å². The van der Waals surface area contributed by atoms with E-state index in [2.05, 4.69) is 10.2 Å². The maximum Gasteiger partial charge on any atom is 0.416 e. The average Bonchev–Trinajstić information content (AvgIpc) is 2.97. The second kappa shape index (κ2) is 5.70.